The van der Waals surface area contributed by atoms with Crippen LogP contribution in [0.5, 0.6) is 5.75 Å². The maximum Gasteiger partial charge on any atom is 0.275 e. The summed E-state index contributed by atoms with van der Waals surface area (Å²) in [6, 6.07) is 18.3. The number of para-hydroxylation sites is 1. The highest BCUT2D eigenvalue weighted by Gasteiger charge is 2.12. The molecule has 2 heterocycles. The molecule has 8 heteroatoms. The molecule has 0 spiro atoms. The average molecular weight is 406 g/mol. The smallest absolute Gasteiger partial charge is 0.275 e. The lowest BCUT2D eigenvalue weighted by atomic mass is 10.1. The number of aromatic nitrogens is 3. The molecular formula is C21H18N4O3S. The van der Waals surface area contributed by atoms with Crippen LogP contribution >= 0.6 is 11.3 Å². The van der Waals surface area contributed by atoms with Gasteiger partial charge in [0, 0.05) is 11.6 Å². The Morgan fingerprint density at radius 2 is 1.90 bits per heavy atom. The Balaban J connectivity index is 1.46. The van der Waals surface area contributed by atoms with Crippen molar-refractivity contribution in [1.29, 1.82) is 0 Å². The fourth-order valence-corrected chi connectivity index (χ4v) is 3.79. The number of carbonyl (C=O) groups excluding carboxylic acids is 1. The summed E-state index contributed by atoms with van der Waals surface area (Å²) in [5, 5.41) is 7.84. The van der Waals surface area contributed by atoms with E-state index in [4.69, 9.17) is 4.74 Å². The van der Waals surface area contributed by atoms with Gasteiger partial charge in [-0.15, -0.1) is 0 Å². The zero-order valence-electron chi connectivity index (χ0n) is 15.7. The molecule has 7 nitrogen and oxygen atoms in total. The van der Waals surface area contributed by atoms with Crippen molar-refractivity contribution < 1.29 is 9.53 Å². The third-order valence-electron chi connectivity index (χ3n) is 4.25. The van der Waals surface area contributed by atoms with Crippen LogP contribution in [0.4, 0.5) is 0 Å². The molecule has 146 valence electrons. The van der Waals surface area contributed by atoms with Crippen LogP contribution in [0.1, 0.15) is 11.3 Å². The van der Waals surface area contributed by atoms with E-state index >= 15 is 0 Å². The zero-order chi connectivity index (χ0) is 20.2. The number of rotatable bonds is 6. The monoisotopic (exact) mass is 406 g/mol. The second-order valence-corrected chi connectivity index (χ2v) is 7.34. The summed E-state index contributed by atoms with van der Waals surface area (Å²) in [6.45, 7) is 2.03. The van der Waals surface area contributed by atoms with Crippen LogP contribution in [-0.2, 0) is 11.3 Å². The van der Waals surface area contributed by atoms with Crippen LogP contribution in [-0.4, -0.2) is 27.1 Å². The van der Waals surface area contributed by atoms with Crippen molar-refractivity contribution in [1.82, 2.24) is 19.9 Å². The summed E-state index contributed by atoms with van der Waals surface area (Å²) in [5.74, 6) is 0.328. The molecule has 4 aromatic rings. The lowest BCUT2D eigenvalue weighted by Gasteiger charge is -2.07. The molecule has 0 saturated carbocycles. The van der Waals surface area contributed by atoms with Gasteiger partial charge in [-0.3, -0.25) is 9.59 Å². The standard InChI is InChI=1S/C21H18N4O3S/c1-14-7-5-6-10-17(14)20-24-25-19(27)11-15(23-21(25)29-20)12-22-18(26)13-28-16-8-3-2-4-9-16/h2-11H,12-13H2,1H3,(H,22,26). The predicted molar refractivity (Wildman–Crippen MR) is 111 cm³/mol. The van der Waals surface area contributed by atoms with Gasteiger partial charge in [0.15, 0.2) is 6.61 Å². The molecule has 0 aliphatic rings. The van der Waals surface area contributed by atoms with Gasteiger partial charge in [-0.2, -0.15) is 9.61 Å². The van der Waals surface area contributed by atoms with Crippen LogP contribution < -0.4 is 15.6 Å². The van der Waals surface area contributed by atoms with Gasteiger partial charge in [0.1, 0.15) is 10.8 Å². The third-order valence-corrected chi connectivity index (χ3v) is 5.20. The molecule has 0 radical (unpaired) electrons. The number of amides is 1. The number of fused-ring (bicyclic) bond motifs is 1. The summed E-state index contributed by atoms with van der Waals surface area (Å²) >= 11 is 1.34. The van der Waals surface area contributed by atoms with Gasteiger partial charge < -0.3 is 10.1 Å². The Morgan fingerprint density at radius 3 is 2.69 bits per heavy atom. The second-order valence-electron chi connectivity index (χ2n) is 6.38. The highest BCUT2D eigenvalue weighted by atomic mass is 32.1. The fourth-order valence-electron chi connectivity index (χ4n) is 2.77. The molecule has 1 N–H and O–H groups in total. The summed E-state index contributed by atoms with van der Waals surface area (Å²) in [5.41, 5.74) is 2.24. The minimum atomic E-state index is -0.291. The molecule has 0 aliphatic heterocycles. The van der Waals surface area contributed by atoms with E-state index in [9.17, 15) is 9.59 Å². The Labute approximate surface area is 170 Å². The van der Waals surface area contributed by atoms with Crippen molar-refractivity contribution in [3.05, 3.63) is 82.3 Å². The van der Waals surface area contributed by atoms with Gasteiger partial charge in [0.25, 0.3) is 11.5 Å². The van der Waals surface area contributed by atoms with E-state index < -0.39 is 0 Å². The minimum Gasteiger partial charge on any atom is -0.484 e. The predicted octanol–water partition coefficient (Wildman–Crippen LogP) is 2.82. The van der Waals surface area contributed by atoms with Crippen molar-refractivity contribution in [3.8, 4) is 16.3 Å². The van der Waals surface area contributed by atoms with E-state index in [-0.39, 0.29) is 24.6 Å². The first-order chi connectivity index (χ1) is 14.1. The van der Waals surface area contributed by atoms with Gasteiger partial charge in [-0.25, -0.2) is 4.98 Å². The van der Waals surface area contributed by atoms with Crippen molar-refractivity contribution in [2.24, 2.45) is 0 Å². The number of aryl methyl sites for hydroxylation is 1. The zero-order valence-corrected chi connectivity index (χ0v) is 16.5. The largest absolute Gasteiger partial charge is 0.484 e. The lowest BCUT2D eigenvalue weighted by Crippen LogP contribution is -2.29. The van der Waals surface area contributed by atoms with E-state index in [0.717, 1.165) is 16.1 Å². The molecule has 0 atom stereocenters. The van der Waals surface area contributed by atoms with Crippen LogP contribution in [0, 0.1) is 6.92 Å². The fraction of sp³-hybridized carbons (Fsp3) is 0.143. The van der Waals surface area contributed by atoms with Crippen molar-refractivity contribution >= 4 is 22.2 Å². The molecular weight excluding hydrogens is 388 g/mol. The van der Waals surface area contributed by atoms with E-state index in [1.165, 1.54) is 21.9 Å². The van der Waals surface area contributed by atoms with Crippen molar-refractivity contribution in [3.63, 3.8) is 0 Å². The first kappa shape index (κ1) is 18.8. The number of carbonyl (C=O) groups is 1. The molecule has 4 rings (SSSR count). The molecule has 0 unspecified atom stereocenters. The van der Waals surface area contributed by atoms with Crippen LogP contribution in [0.2, 0.25) is 0 Å². The third kappa shape index (κ3) is 4.33. The first-order valence-corrected chi connectivity index (χ1v) is 9.82. The van der Waals surface area contributed by atoms with E-state index in [2.05, 4.69) is 15.4 Å². The number of hydrogen-bond donors (Lipinski definition) is 1. The number of ether oxygens (including phenoxy) is 1. The van der Waals surface area contributed by atoms with E-state index in [1.807, 2.05) is 49.4 Å². The number of nitrogens with zero attached hydrogens (tertiary/aromatic N) is 3. The van der Waals surface area contributed by atoms with E-state index in [1.54, 1.807) is 12.1 Å². The quantitative estimate of drug-likeness (QED) is 0.532. The van der Waals surface area contributed by atoms with Gasteiger partial charge in [-0.1, -0.05) is 53.8 Å². The molecule has 0 fully saturated rings. The normalized spacial score (nSPS) is 10.8. The maximum absolute atomic E-state index is 12.4. The first-order valence-electron chi connectivity index (χ1n) is 9.00. The van der Waals surface area contributed by atoms with Gasteiger partial charge in [0.05, 0.1) is 12.2 Å². The summed E-state index contributed by atoms with van der Waals surface area (Å²) in [4.78, 5) is 29.4. The number of hydrogen-bond acceptors (Lipinski definition) is 6. The van der Waals surface area contributed by atoms with E-state index in [0.29, 0.717) is 16.4 Å². The molecule has 29 heavy (non-hydrogen) atoms. The minimum absolute atomic E-state index is 0.108. The molecule has 0 saturated heterocycles. The maximum atomic E-state index is 12.4. The van der Waals surface area contributed by atoms with Gasteiger partial charge in [-0.05, 0) is 24.6 Å². The van der Waals surface area contributed by atoms with Gasteiger partial charge in [0.2, 0.25) is 4.96 Å². The summed E-state index contributed by atoms with van der Waals surface area (Å²) < 4.78 is 6.70. The second kappa shape index (κ2) is 8.24. The molecule has 0 bridgehead atoms. The Hall–Kier alpha value is -3.52. The summed E-state index contributed by atoms with van der Waals surface area (Å²) in [7, 11) is 0. The van der Waals surface area contributed by atoms with Crippen LogP contribution in [0.3, 0.4) is 0 Å². The molecule has 0 aliphatic carbocycles. The average Bonchev–Trinajstić information content (AvgIpc) is 3.16. The van der Waals surface area contributed by atoms with Gasteiger partial charge >= 0.3 is 0 Å². The van der Waals surface area contributed by atoms with Crippen LogP contribution in [0.15, 0.2) is 65.5 Å². The molecule has 1 amide bonds. The Morgan fingerprint density at radius 1 is 1.14 bits per heavy atom. The molecule has 2 aromatic heterocycles. The van der Waals surface area contributed by atoms with Crippen molar-refractivity contribution in [2.75, 3.05) is 6.61 Å². The number of nitrogens with one attached hydrogen (secondary N) is 1. The lowest BCUT2D eigenvalue weighted by molar-refractivity contribution is -0.123. The topological polar surface area (TPSA) is 85.6 Å². The SMILES string of the molecule is Cc1ccccc1-c1nn2c(=O)cc(CNC(=O)COc3ccccc3)nc2s1. The highest BCUT2D eigenvalue weighted by molar-refractivity contribution is 7.19. The van der Waals surface area contributed by atoms with Crippen LogP contribution in [0.25, 0.3) is 15.5 Å². The highest BCUT2D eigenvalue weighted by Crippen LogP contribution is 2.26. The van der Waals surface area contributed by atoms with Crippen molar-refractivity contribution in [2.45, 2.75) is 13.5 Å². The summed E-state index contributed by atoms with van der Waals surface area (Å²) in [6.07, 6.45) is 0. The number of benzene rings is 2. The Bertz CT molecular complexity index is 1220. The molecule has 2 aromatic carbocycles. The Kier molecular flexibility index (Phi) is 5.35.